The Morgan fingerprint density at radius 1 is 1.12 bits per heavy atom. The fraction of sp³-hybridized carbons (Fsp3) is 0.250. The van der Waals surface area contributed by atoms with E-state index in [-0.39, 0.29) is 17.7 Å². The van der Waals surface area contributed by atoms with Gasteiger partial charge in [-0.15, -0.1) is 5.10 Å². The smallest absolute Gasteiger partial charge is 0.232 e. The molecule has 3 rings (SSSR count). The molecule has 0 bridgehead atoms. The lowest BCUT2D eigenvalue weighted by Crippen LogP contribution is -2.26. The lowest BCUT2D eigenvalue weighted by Gasteiger charge is -2.23. The van der Waals surface area contributed by atoms with Crippen LogP contribution in [0.2, 0.25) is 0 Å². The van der Waals surface area contributed by atoms with E-state index in [9.17, 15) is 4.79 Å². The van der Waals surface area contributed by atoms with Gasteiger partial charge >= 0.3 is 0 Å². The molecule has 0 spiro atoms. The molecule has 0 aliphatic heterocycles. The van der Waals surface area contributed by atoms with Crippen LogP contribution in [0.1, 0.15) is 31.7 Å². The molecule has 0 radical (unpaired) electrons. The molecule has 1 aromatic heterocycles. The van der Waals surface area contributed by atoms with Gasteiger partial charge in [-0.3, -0.25) is 4.79 Å². The molecular formula is C20H21N3OS. The normalized spacial score (nSPS) is 13.2. The van der Waals surface area contributed by atoms with Crippen molar-refractivity contribution in [2.75, 3.05) is 5.32 Å². The summed E-state index contributed by atoms with van der Waals surface area (Å²) in [5.41, 5.74) is 3.69. The summed E-state index contributed by atoms with van der Waals surface area (Å²) in [4.78, 5) is 12.9. The summed E-state index contributed by atoms with van der Waals surface area (Å²) in [6, 6.07) is 17.7. The highest BCUT2D eigenvalue weighted by Crippen LogP contribution is 2.29. The number of aromatic nitrogens is 2. The van der Waals surface area contributed by atoms with Crippen molar-refractivity contribution < 1.29 is 4.79 Å². The number of hydrogen-bond acceptors (Lipinski definition) is 4. The van der Waals surface area contributed by atoms with Crippen LogP contribution in [0.4, 0.5) is 5.69 Å². The fourth-order valence-electron chi connectivity index (χ4n) is 2.87. The molecule has 4 nitrogen and oxygen atoms in total. The molecule has 0 aliphatic rings. The molecule has 2 aromatic carbocycles. The third-order valence-electron chi connectivity index (χ3n) is 4.46. The summed E-state index contributed by atoms with van der Waals surface area (Å²) in [5.74, 6) is 0.139. The third kappa shape index (κ3) is 4.12. The number of anilines is 1. The van der Waals surface area contributed by atoms with Gasteiger partial charge in [-0.25, -0.2) is 0 Å². The number of nitrogens with one attached hydrogen (secondary N) is 1. The number of carbonyl (C=O) groups excluding carboxylic acids is 1. The van der Waals surface area contributed by atoms with Gasteiger partial charge in [0.2, 0.25) is 5.91 Å². The third-order valence-corrected chi connectivity index (χ3v) is 4.97. The van der Waals surface area contributed by atoms with Crippen LogP contribution in [0.3, 0.4) is 0 Å². The number of rotatable bonds is 6. The van der Waals surface area contributed by atoms with Crippen molar-refractivity contribution in [3.8, 4) is 11.3 Å². The zero-order valence-electron chi connectivity index (χ0n) is 14.3. The molecule has 25 heavy (non-hydrogen) atoms. The van der Waals surface area contributed by atoms with Gasteiger partial charge in [0.15, 0.2) is 0 Å². The van der Waals surface area contributed by atoms with Crippen LogP contribution >= 0.6 is 11.5 Å². The molecule has 0 saturated carbocycles. The number of hydrogen-bond donors (Lipinski definition) is 1. The maximum atomic E-state index is 12.9. The Morgan fingerprint density at radius 3 is 2.44 bits per heavy atom. The van der Waals surface area contributed by atoms with Crippen LogP contribution in [0.5, 0.6) is 0 Å². The number of nitrogens with zero attached hydrogens (tertiary/aromatic N) is 2. The SMILES string of the molecule is CCC(C)C(C(=O)Nc1ccc(-c2csnn2)cc1)c1ccccc1. The Hall–Kier alpha value is -2.53. The Bertz CT molecular complexity index is 801. The Labute approximate surface area is 152 Å². The molecule has 128 valence electrons. The minimum atomic E-state index is -0.159. The molecule has 3 aromatic rings. The number of benzene rings is 2. The van der Waals surface area contributed by atoms with Crippen LogP contribution in [0.15, 0.2) is 60.0 Å². The van der Waals surface area contributed by atoms with Crippen LogP contribution in [0.25, 0.3) is 11.3 Å². The first kappa shape index (κ1) is 17.3. The Morgan fingerprint density at radius 2 is 1.84 bits per heavy atom. The average Bonchev–Trinajstić information content (AvgIpc) is 3.18. The molecule has 1 heterocycles. The van der Waals surface area contributed by atoms with Crippen molar-refractivity contribution in [2.24, 2.45) is 5.92 Å². The second-order valence-electron chi connectivity index (χ2n) is 6.13. The van der Waals surface area contributed by atoms with Gasteiger partial charge in [0, 0.05) is 16.6 Å². The predicted octanol–water partition coefficient (Wildman–Crippen LogP) is 4.97. The van der Waals surface area contributed by atoms with Gasteiger partial charge in [0.05, 0.1) is 5.92 Å². The summed E-state index contributed by atoms with van der Waals surface area (Å²) in [7, 11) is 0. The molecule has 1 amide bonds. The van der Waals surface area contributed by atoms with Crippen LogP contribution in [0, 0.1) is 5.92 Å². The molecular weight excluding hydrogens is 330 g/mol. The van der Waals surface area contributed by atoms with Gasteiger partial charge in [-0.1, -0.05) is 67.2 Å². The van der Waals surface area contributed by atoms with Crippen LogP contribution in [-0.2, 0) is 4.79 Å². The molecule has 2 atom stereocenters. The van der Waals surface area contributed by atoms with E-state index in [2.05, 4.69) is 28.8 Å². The lowest BCUT2D eigenvalue weighted by molar-refractivity contribution is -0.118. The van der Waals surface area contributed by atoms with Crippen molar-refractivity contribution in [1.82, 2.24) is 9.59 Å². The largest absolute Gasteiger partial charge is 0.326 e. The highest BCUT2D eigenvalue weighted by atomic mass is 32.1. The number of carbonyl (C=O) groups is 1. The van der Waals surface area contributed by atoms with Crippen molar-refractivity contribution in [3.63, 3.8) is 0 Å². The van der Waals surface area contributed by atoms with E-state index < -0.39 is 0 Å². The van der Waals surface area contributed by atoms with Gasteiger partial charge < -0.3 is 5.32 Å². The van der Waals surface area contributed by atoms with E-state index in [1.807, 2.05) is 60.0 Å². The van der Waals surface area contributed by atoms with E-state index in [1.54, 1.807) is 0 Å². The highest BCUT2D eigenvalue weighted by molar-refractivity contribution is 7.03. The standard InChI is InChI=1S/C20H21N3OS/c1-3-14(2)19(16-7-5-4-6-8-16)20(24)21-17-11-9-15(10-12-17)18-13-25-23-22-18/h4-14,19H,3H2,1-2H3,(H,21,24). The first-order valence-electron chi connectivity index (χ1n) is 8.42. The molecule has 1 N–H and O–H groups in total. The average molecular weight is 351 g/mol. The zero-order valence-corrected chi connectivity index (χ0v) is 15.2. The minimum absolute atomic E-state index is 0.0311. The van der Waals surface area contributed by atoms with Crippen molar-refractivity contribution in [3.05, 3.63) is 65.5 Å². The zero-order chi connectivity index (χ0) is 17.6. The second-order valence-corrected chi connectivity index (χ2v) is 6.74. The lowest BCUT2D eigenvalue weighted by atomic mass is 9.85. The van der Waals surface area contributed by atoms with E-state index >= 15 is 0 Å². The van der Waals surface area contributed by atoms with Gasteiger partial charge in [-0.05, 0) is 35.1 Å². The van der Waals surface area contributed by atoms with E-state index in [0.717, 1.165) is 28.9 Å². The highest BCUT2D eigenvalue weighted by Gasteiger charge is 2.25. The number of amides is 1. The maximum Gasteiger partial charge on any atom is 0.232 e. The summed E-state index contributed by atoms with van der Waals surface area (Å²) in [6.45, 7) is 4.24. The quantitative estimate of drug-likeness (QED) is 0.682. The van der Waals surface area contributed by atoms with Crippen molar-refractivity contribution >= 4 is 23.1 Å². The summed E-state index contributed by atoms with van der Waals surface area (Å²) in [6.07, 6.45) is 0.947. The Balaban J connectivity index is 1.77. The van der Waals surface area contributed by atoms with Crippen molar-refractivity contribution in [1.29, 1.82) is 0 Å². The van der Waals surface area contributed by atoms with Crippen LogP contribution < -0.4 is 5.32 Å². The van der Waals surface area contributed by atoms with Crippen LogP contribution in [-0.4, -0.2) is 15.5 Å². The van der Waals surface area contributed by atoms with Gasteiger partial charge in [0.25, 0.3) is 0 Å². The summed E-state index contributed by atoms with van der Waals surface area (Å²) >= 11 is 1.33. The first-order valence-corrected chi connectivity index (χ1v) is 9.26. The Kier molecular flexibility index (Phi) is 5.56. The maximum absolute atomic E-state index is 12.9. The molecule has 0 aliphatic carbocycles. The second kappa shape index (κ2) is 8.03. The topological polar surface area (TPSA) is 54.9 Å². The predicted molar refractivity (Wildman–Crippen MR) is 103 cm³/mol. The summed E-state index contributed by atoms with van der Waals surface area (Å²) in [5, 5.41) is 9.02. The van der Waals surface area contributed by atoms with E-state index in [4.69, 9.17) is 0 Å². The van der Waals surface area contributed by atoms with E-state index in [1.165, 1.54) is 11.5 Å². The summed E-state index contributed by atoms with van der Waals surface area (Å²) < 4.78 is 3.88. The first-order chi connectivity index (χ1) is 12.2. The van der Waals surface area contributed by atoms with Gasteiger partial charge in [0.1, 0.15) is 5.69 Å². The van der Waals surface area contributed by atoms with Gasteiger partial charge in [-0.2, -0.15) is 0 Å². The molecule has 0 saturated heterocycles. The fourth-order valence-corrected chi connectivity index (χ4v) is 3.33. The monoisotopic (exact) mass is 351 g/mol. The van der Waals surface area contributed by atoms with Crippen molar-refractivity contribution in [2.45, 2.75) is 26.2 Å². The minimum Gasteiger partial charge on any atom is -0.326 e. The molecule has 2 unspecified atom stereocenters. The van der Waals surface area contributed by atoms with E-state index in [0.29, 0.717) is 0 Å². The molecule has 0 fully saturated rings. The molecule has 5 heteroatoms.